The highest BCUT2D eigenvalue weighted by Gasteiger charge is 2.24. The zero-order valence-electron chi connectivity index (χ0n) is 8.14. The Morgan fingerprint density at radius 1 is 0.818 bits per heavy atom. The van der Waals surface area contributed by atoms with Gasteiger partial charge in [0.2, 0.25) is 0 Å². The molecule has 0 aromatic rings. The van der Waals surface area contributed by atoms with E-state index in [1.54, 1.807) is 0 Å². The van der Waals surface area contributed by atoms with Crippen molar-refractivity contribution in [3.05, 3.63) is 0 Å². The van der Waals surface area contributed by atoms with Crippen LogP contribution in [0.25, 0.3) is 0 Å². The fourth-order valence-corrected chi connectivity index (χ4v) is 4.14. The normalized spacial score (nSPS) is 12.0. The Kier molecular flexibility index (Phi) is 6.64. The van der Waals surface area contributed by atoms with Gasteiger partial charge in [-0.05, 0) is 24.3 Å². The third kappa shape index (κ3) is 3.75. The summed E-state index contributed by atoms with van der Waals surface area (Å²) in [7, 11) is 0. The molecule has 0 aliphatic rings. The van der Waals surface area contributed by atoms with Crippen LogP contribution in [0.2, 0.25) is 0 Å². The van der Waals surface area contributed by atoms with Gasteiger partial charge in [0.05, 0.1) is 4.08 Å². The van der Waals surface area contributed by atoms with E-state index >= 15 is 0 Å². The largest absolute Gasteiger partial charge is 0.145 e. The maximum Gasteiger partial charge on any atom is 0.0605 e. The Morgan fingerprint density at radius 3 is 1.36 bits per heavy atom. The lowest BCUT2D eigenvalue weighted by molar-refractivity contribution is 0.739. The summed E-state index contributed by atoms with van der Waals surface area (Å²) in [6.07, 6.45) is 2.58. The first-order chi connectivity index (χ1) is 5.24. The summed E-state index contributed by atoms with van der Waals surface area (Å²) in [6.45, 7) is 9.10. The van der Waals surface area contributed by atoms with E-state index in [1.165, 1.54) is 24.3 Å². The van der Waals surface area contributed by atoms with Crippen molar-refractivity contribution < 1.29 is 0 Å². The molecule has 2 heteroatoms. The predicted molar refractivity (Wildman–Crippen MR) is 59.6 cm³/mol. The van der Waals surface area contributed by atoms with E-state index in [4.69, 9.17) is 0 Å². The highest BCUT2D eigenvalue weighted by Crippen LogP contribution is 2.42. The molecule has 0 aromatic heterocycles. The van der Waals surface area contributed by atoms with Gasteiger partial charge in [-0.1, -0.05) is 27.7 Å². The zero-order valence-corrected chi connectivity index (χ0v) is 9.78. The average Bonchev–Trinajstić information content (AvgIpc) is 2.04. The van der Waals surface area contributed by atoms with Gasteiger partial charge in [-0.25, -0.2) is 0 Å². The molecule has 0 heterocycles. The molecule has 0 rings (SSSR count). The highest BCUT2D eigenvalue weighted by atomic mass is 32.2. The quantitative estimate of drug-likeness (QED) is 0.583. The standard InChI is InChI=1S/C9H20S2/c1-5-9(6-2,10-7-3)11-8-4/h5-8H2,1-4H3. The van der Waals surface area contributed by atoms with Crippen LogP contribution in [0, 0.1) is 0 Å². The summed E-state index contributed by atoms with van der Waals surface area (Å²) >= 11 is 4.22. The molecule has 0 saturated carbocycles. The maximum absolute atomic E-state index is 2.30. The molecule has 0 aliphatic carbocycles. The van der Waals surface area contributed by atoms with E-state index in [1.807, 2.05) is 0 Å². The van der Waals surface area contributed by atoms with Gasteiger partial charge in [0, 0.05) is 0 Å². The lowest BCUT2D eigenvalue weighted by atomic mass is 10.2. The first-order valence-corrected chi connectivity index (χ1v) is 6.49. The van der Waals surface area contributed by atoms with Gasteiger partial charge in [0.15, 0.2) is 0 Å². The summed E-state index contributed by atoms with van der Waals surface area (Å²) in [6, 6.07) is 0. The molecule has 0 N–H and O–H groups in total. The lowest BCUT2D eigenvalue weighted by Gasteiger charge is -2.29. The van der Waals surface area contributed by atoms with Crippen molar-refractivity contribution in [2.45, 2.75) is 44.6 Å². The maximum atomic E-state index is 2.30. The smallest absolute Gasteiger partial charge is 0.0605 e. The second-order valence-electron chi connectivity index (χ2n) is 2.48. The van der Waals surface area contributed by atoms with E-state index < -0.39 is 0 Å². The number of rotatable bonds is 6. The van der Waals surface area contributed by atoms with Crippen LogP contribution in [-0.4, -0.2) is 15.6 Å². The SMILES string of the molecule is CCSC(CC)(CC)SCC. The molecule has 0 unspecified atom stereocenters. The predicted octanol–water partition coefficient (Wildman–Crippen LogP) is 4.01. The molecule has 0 fully saturated rings. The average molecular weight is 192 g/mol. The molecule has 0 atom stereocenters. The summed E-state index contributed by atoms with van der Waals surface area (Å²) in [5, 5.41) is 0. The van der Waals surface area contributed by atoms with Gasteiger partial charge in [-0.3, -0.25) is 0 Å². The molecular weight excluding hydrogens is 172 g/mol. The molecule has 0 amide bonds. The van der Waals surface area contributed by atoms with Crippen molar-refractivity contribution in [1.82, 2.24) is 0 Å². The molecule has 68 valence electrons. The highest BCUT2D eigenvalue weighted by molar-refractivity contribution is 8.18. The van der Waals surface area contributed by atoms with Crippen LogP contribution in [-0.2, 0) is 0 Å². The second kappa shape index (κ2) is 6.24. The van der Waals surface area contributed by atoms with Gasteiger partial charge >= 0.3 is 0 Å². The van der Waals surface area contributed by atoms with Crippen LogP contribution in [0.4, 0.5) is 0 Å². The van der Waals surface area contributed by atoms with Crippen molar-refractivity contribution in [2.24, 2.45) is 0 Å². The fraction of sp³-hybridized carbons (Fsp3) is 1.00. The van der Waals surface area contributed by atoms with Crippen molar-refractivity contribution in [2.75, 3.05) is 11.5 Å². The minimum Gasteiger partial charge on any atom is -0.145 e. The Labute approximate surface area is 79.9 Å². The first kappa shape index (κ1) is 11.7. The molecular formula is C9H20S2. The molecule has 0 nitrogen and oxygen atoms in total. The minimum atomic E-state index is 0.517. The lowest BCUT2D eigenvalue weighted by Crippen LogP contribution is -2.18. The van der Waals surface area contributed by atoms with E-state index in [0.29, 0.717) is 4.08 Å². The molecule has 0 radical (unpaired) electrons. The third-order valence-electron chi connectivity index (χ3n) is 1.89. The molecule has 0 saturated heterocycles. The van der Waals surface area contributed by atoms with Crippen molar-refractivity contribution in [3.63, 3.8) is 0 Å². The van der Waals surface area contributed by atoms with Gasteiger partial charge in [0.1, 0.15) is 0 Å². The number of hydrogen-bond acceptors (Lipinski definition) is 2. The van der Waals surface area contributed by atoms with E-state index in [2.05, 4.69) is 51.2 Å². The Morgan fingerprint density at radius 2 is 1.18 bits per heavy atom. The molecule has 0 spiro atoms. The van der Waals surface area contributed by atoms with Gasteiger partial charge in [0.25, 0.3) is 0 Å². The molecule has 11 heavy (non-hydrogen) atoms. The third-order valence-corrected chi connectivity index (χ3v) is 5.38. The molecule has 0 bridgehead atoms. The molecule has 0 aliphatic heterocycles. The van der Waals surface area contributed by atoms with Crippen LogP contribution in [0.5, 0.6) is 0 Å². The van der Waals surface area contributed by atoms with Crippen LogP contribution >= 0.6 is 23.5 Å². The summed E-state index contributed by atoms with van der Waals surface area (Å²) in [5.74, 6) is 2.49. The Balaban J connectivity index is 3.96. The number of hydrogen-bond donors (Lipinski definition) is 0. The van der Waals surface area contributed by atoms with E-state index in [-0.39, 0.29) is 0 Å². The van der Waals surface area contributed by atoms with Crippen LogP contribution < -0.4 is 0 Å². The molecule has 0 aromatic carbocycles. The Bertz CT molecular complexity index is 79.6. The van der Waals surface area contributed by atoms with E-state index in [9.17, 15) is 0 Å². The summed E-state index contributed by atoms with van der Waals surface area (Å²) < 4.78 is 0.517. The van der Waals surface area contributed by atoms with Gasteiger partial charge < -0.3 is 0 Å². The Hall–Kier alpha value is 0.700. The topological polar surface area (TPSA) is 0 Å². The van der Waals surface area contributed by atoms with Crippen molar-refractivity contribution in [3.8, 4) is 0 Å². The monoisotopic (exact) mass is 192 g/mol. The van der Waals surface area contributed by atoms with Crippen LogP contribution in [0.1, 0.15) is 40.5 Å². The van der Waals surface area contributed by atoms with Crippen molar-refractivity contribution >= 4 is 23.5 Å². The zero-order chi connectivity index (χ0) is 8.74. The minimum absolute atomic E-state index is 0.517. The second-order valence-corrected chi connectivity index (χ2v) is 6.04. The van der Waals surface area contributed by atoms with Crippen LogP contribution in [0.3, 0.4) is 0 Å². The summed E-state index contributed by atoms with van der Waals surface area (Å²) in [5.41, 5.74) is 0. The van der Waals surface area contributed by atoms with Gasteiger partial charge in [-0.2, -0.15) is 0 Å². The first-order valence-electron chi connectivity index (χ1n) is 4.52. The fourth-order valence-electron chi connectivity index (χ4n) is 1.23. The summed E-state index contributed by atoms with van der Waals surface area (Å²) in [4.78, 5) is 0. The van der Waals surface area contributed by atoms with E-state index in [0.717, 1.165) is 0 Å². The van der Waals surface area contributed by atoms with Crippen molar-refractivity contribution in [1.29, 1.82) is 0 Å². The van der Waals surface area contributed by atoms with Crippen LogP contribution in [0.15, 0.2) is 0 Å². The van der Waals surface area contributed by atoms with Gasteiger partial charge in [-0.15, -0.1) is 23.5 Å². The number of thioether (sulfide) groups is 2.